The molecular formula is C20H15BrO5S. The van der Waals surface area contributed by atoms with Crippen LogP contribution in [-0.4, -0.2) is 25.2 Å². The highest BCUT2D eigenvalue weighted by Crippen LogP contribution is 2.33. The molecule has 138 valence electrons. The van der Waals surface area contributed by atoms with E-state index in [0.29, 0.717) is 15.6 Å². The molecule has 0 bridgehead atoms. The quantitative estimate of drug-likeness (QED) is 0.736. The van der Waals surface area contributed by atoms with Gasteiger partial charge in [-0.2, -0.15) is 0 Å². The maximum absolute atomic E-state index is 12.7. The molecule has 0 fully saturated rings. The van der Waals surface area contributed by atoms with Gasteiger partial charge in [0.1, 0.15) is 0 Å². The average Bonchev–Trinajstić information content (AvgIpc) is 2.68. The number of carbonyl (C=O) groups is 1. The highest BCUT2D eigenvalue weighted by atomic mass is 79.9. The van der Waals surface area contributed by atoms with Crippen molar-refractivity contribution >= 4 is 36.2 Å². The van der Waals surface area contributed by atoms with Crippen LogP contribution in [0.2, 0.25) is 0 Å². The minimum absolute atomic E-state index is 0.175. The zero-order valence-electron chi connectivity index (χ0n) is 14.0. The second-order valence-electron chi connectivity index (χ2n) is 5.76. The summed E-state index contributed by atoms with van der Waals surface area (Å²) in [7, 11) is -3.54. The monoisotopic (exact) mass is 446 g/mol. The molecule has 0 aromatic heterocycles. The van der Waals surface area contributed by atoms with Gasteiger partial charge < -0.3 is 9.84 Å². The minimum atomic E-state index is -3.54. The highest BCUT2D eigenvalue weighted by Gasteiger charge is 2.22. The molecule has 0 atom stereocenters. The Bertz CT molecular complexity index is 1050. The van der Waals surface area contributed by atoms with Crippen molar-refractivity contribution in [3.8, 4) is 0 Å². The van der Waals surface area contributed by atoms with Crippen LogP contribution >= 0.6 is 15.9 Å². The third-order valence-corrected chi connectivity index (χ3v) is 6.51. The number of hydrogen-bond donors (Lipinski definition) is 1. The molecule has 1 N–H and O–H groups in total. The fraction of sp³-hybridized carbons (Fsp3) is 0.0500. The van der Waals surface area contributed by atoms with Crippen molar-refractivity contribution in [2.75, 3.05) is 5.75 Å². The van der Waals surface area contributed by atoms with Crippen LogP contribution in [0.4, 0.5) is 0 Å². The smallest absolute Gasteiger partial charge is 0.335 e. The van der Waals surface area contributed by atoms with Crippen LogP contribution < -0.4 is 0 Å². The molecule has 2 aromatic carbocycles. The summed E-state index contributed by atoms with van der Waals surface area (Å²) in [5, 5.41) is 9.01. The summed E-state index contributed by atoms with van der Waals surface area (Å²) < 4.78 is 31.2. The van der Waals surface area contributed by atoms with E-state index in [1.807, 2.05) is 0 Å². The lowest BCUT2D eigenvalue weighted by Gasteiger charge is -2.16. The second-order valence-corrected chi connectivity index (χ2v) is 8.55. The normalized spacial score (nSPS) is 15.7. The van der Waals surface area contributed by atoms with E-state index >= 15 is 0 Å². The van der Waals surface area contributed by atoms with E-state index in [4.69, 9.17) is 9.84 Å². The largest absolute Gasteiger partial charge is 0.478 e. The molecule has 1 aliphatic heterocycles. The zero-order valence-corrected chi connectivity index (χ0v) is 16.4. The summed E-state index contributed by atoms with van der Waals surface area (Å²) in [4.78, 5) is 11.2. The van der Waals surface area contributed by atoms with Crippen molar-refractivity contribution in [2.24, 2.45) is 0 Å². The van der Waals surface area contributed by atoms with Gasteiger partial charge in [0.15, 0.2) is 9.84 Å². The standard InChI is InChI=1S/C20H15BrO5S/c21-19(14-6-8-15(9-7-14)20(22)23)18-10-11-26-12-16(18)13-27(24,25)17-4-2-1-3-5-17/h1-12H,13H2,(H,22,23). The fourth-order valence-electron chi connectivity index (χ4n) is 2.56. The number of hydrogen-bond acceptors (Lipinski definition) is 4. The Labute approximate surface area is 165 Å². The van der Waals surface area contributed by atoms with E-state index in [2.05, 4.69) is 15.9 Å². The molecule has 27 heavy (non-hydrogen) atoms. The van der Waals surface area contributed by atoms with Crippen molar-refractivity contribution in [1.29, 1.82) is 0 Å². The maximum atomic E-state index is 12.7. The number of ether oxygens (including phenoxy) is 1. The lowest BCUT2D eigenvalue weighted by Crippen LogP contribution is -2.12. The molecule has 0 amide bonds. The van der Waals surface area contributed by atoms with Crippen LogP contribution in [0, 0.1) is 0 Å². The Morgan fingerprint density at radius 3 is 2.26 bits per heavy atom. The van der Waals surface area contributed by atoms with Crippen LogP contribution in [0.1, 0.15) is 15.9 Å². The Morgan fingerprint density at radius 1 is 1.00 bits per heavy atom. The minimum Gasteiger partial charge on any atom is -0.478 e. The average molecular weight is 447 g/mol. The van der Waals surface area contributed by atoms with Gasteiger partial charge in [-0.3, -0.25) is 0 Å². The summed E-state index contributed by atoms with van der Waals surface area (Å²) in [5.41, 5.74) is 2.05. The third-order valence-electron chi connectivity index (χ3n) is 3.94. The number of carboxylic acid groups (broad SMARTS) is 1. The van der Waals surface area contributed by atoms with Crippen LogP contribution in [-0.2, 0) is 14.6 Å². The van der Waals surface area contributed by atoms with Crippen molar-refractivity contribution in [1.82, 2.24) is 0 Å². The van der Waals surface area contributed by atoms with E-state index < -0.39 is 15.8 Å². The molecule has 0 radical (unpaired) electrons. The van der Waals surface area contributed by atoms with Crippen molar-refractivity contribution in [2.45, 2.75) is 4.90 Å². The van der Waals surface area contributed by atoms with Crippen molar-refractivity contribution in [3.05, 3.63) is 95.5 Å². The van der Waals surface area contributed by atoms with Gasteiger partial charge in [-0.05, 0) is 57.4 Å². The van der Waals surface area contributed by atoms with E-state index in [-0.39, 0.29) is 16.2 Å². The summed E-state index contributed by atoms with van der Waals surface area (Å²) in [5.74, 6) is -1.23. The Kier molecular flexibility index (Phi) is 5.62. The number of rotatable bonds is 5. The third kappa shape index (κ3) is 4.37. The molecule has 0 aliphatic carbocycles. The number of sulfone groups is 1. The number of carboxylic acids is 1. The predicted molar refractivity (Wildman–Crippen MR) is 106 cm³/mol. The number of allylic oxidation sites excluding steroid dienone is 2. The van der Waals surface area contributed by atoms with Crippen LogP contribution in [0.15, 0.2) is 89.2 Å². The second kappa shape index (κ2) is 7.94. The van der Waals surface area contributed by atoms with Gasteiger partial charge in [0, 0.05) is 10.1 Å². The van der Waals surface area contributed by atoms with E-state index in [0.717, 1.165) is 5.56 Å². The summed E-state index contributed by atoms with van der Waals surface area (Å²) in [6.45, 7) is 0. The molecule has 2 aromatic rings. The Hall–Kier alpha value is -2.64. The highest BCUT2D eigenvalue weighted by molar-refractivity contribution is 9.15. The predicted octanol–water partition coefficient (Wildman–Crippen LogP) is 4.39. The van der Waals surface area contributed by atoms with Gasteiger partial charge in [-0.1, -0.05) is 30.3 Å². The molecule has 0 unspecified atom stereocenters. The molecule has 7 heteroatoms. The zero-order chi connectivity index (χ0) is 19.4. The molecule has 0 spiro atoms. The van der Waals surface area contributed by atoms with Crippen LogP contribution in [0.5, 0.6) is 0 Å². The molecular weight excluding hydrogens is 432 g/mol. The van der Waals surface area contributed by atoms with Gasteiger partial charge in [-0.15, -0.1) is 0 Å². The SMILES string of the molecule is O=C(O)c1ccc(C(Br)=C2C=COC=C2CS(=O)(=O)c2ccccc2)cc1. The Morgan fingerprint density at radius 2 is 1.63 bits per heavy atom. The number of benzene rings is 2. The fourth-order valence-corrected chi connectivity index (χ4v) is 4.58. The molecule has 0 saturated carbocycles. The molecule has 5 nitrogen and oxygen atoms in total. The molecule has 1 heterocycles. The maximum Gasteiger partial charge on any atom is 0.335 e. The van der Waals surface area contributed by atoms with E-state index in [1.165, 1.54) is 24.7 Å². The summed E-state index contributed by atoms with van der Waals surface area (Å²) >= 11 is 3.50. The first kappa shape index (κ1) is 19.1. The van der Waals surface area contributed by atoms with Gasteiger partial charge in [0.2, 0.25) is 0 Å². The van der Waals surface area contributed by atoms with Crippen molar-refractivity contribution < 1.29 is 23.1 Å². The van der Waals surface area contributed by atoms with E-state index in [9.17, 15) is 13.2 Å². The Balaban J connectivity index is 1.95. The first-order valence-electron chi connectivity index (χ1n) is 7.91. The van der Waals surface area contributed by atoms with Gasteiger partial charge in [-0.25, -0.2) is 13.2 Å². The van der Waals surface area contributed by atoms with Crippen LogP contribution in [0.25, 0.3) is 4.48 Å². The lowest BCUT2D eigenvalue weighted by atomic mass is 10.0. The van der Waals surface area contributed by atoms with Gasteiger partial charge in [0.05, 0.1) is 28.7 Å². The summed E-state index contributed by atoms with van der Waals surface area (Å²) in [6.07, 6.45) is 4.54. The van der Waals surface area contributed by atoms with Gasteiger partial charge >= 0.3 is 5.97 Å². The van der Waals surface area contributed by atoms with Gasteiger partial charge in [0.25, 0.3) is 0 Å². The number of halogens is 1. The first-order valence-corrected chi connectivity index (χ1v) is 10.4. The molecule has 3 rings (SSSR count). The topological polar surface area (TPSA) is 80.7 Å². The molecule has 1 aliphatic rings. The van der Waals surface area contributed by atoms with E-state index in [1.54, 1.807) is 48.5 Å². The van der Waals surface area contributed by atoms with Crippen LogP contribution in [0.3, 0.4) is 0 Å². The first-order chi connectivity index (χ1) is 12.9. The molecule has 0 saturated heterocycles. The van der Waals surface area contributed by atoms with Crippen molar-refractivity contribution in [3.63, 3.8) is 0 Å². The number of aromatic carboxylic acids is 1. The lowest BCUT2D eigenvalue weighted by molar-refractivity contribution is 0.0697. The summed E-state index contributed by atoms with van der Waals surface area (Å²) in [6, 6.07) is 14.5.